The number of rotatable bonds is 6. The first-order chi connectivity index (χ1) is 11.2. The van der Waals surface area contributed by atoms with E-state index in [4.69, 9.17) is 4.99 Å². The number of nitrogens with zero attached hydrogens (tertiary/aromatic N) is 2. The summed E-state index contributed by atoms with van der Waals surface area (Å²) >= 11 is 0. The molecule has 2 N–H and O–H groups in total. The minimum Gasteiger partial charge on any atom is -0.357 e. The van der Waals surface area contributed by atoms with Gasteiger partial charge in [-0.15, -0.1) is 0 Å². The Labute approximate surface area is 140 Å². The lowest BCUT2D eigenvalue weighted by Gasteiger charge is -2.22. The topological polar surface area (TPSA) is 39.7 Å². The van der Waals surface area contributed by atoms with E-state index in [0.717, 1.165) is 25.6 Å². The Balaban J connectivity index is 1.58. The van der Waals surface area contributed by atoms with Gasteiger partial charge in [-0.05, 0) is 51.8 Å². The molecule has 0 aromatic heterocycles. The van der Waals surface area contributed by atoms with E-state index in [2.05, 4.69) is 59.8 Å². The average Bonchev–Trinajstić information content (AvgIpc) is 3.27. The molecule has 2 aliphatic rings. The molecule has 0 radical (unpaired) electrons. The highest BCUT2D eigenvalue weighted by atomic mass is 15.2. The quantitative estimate of drug-likeness (QED) is 0.625. The minimum atomic E-state index is 0.285. The molecule has 1 unspecified atom stereocenters. The first kappa shape index (κ1) is 16.3. The maximum Gasteiger partial charge on any atom is 0.191 e. The monoisotopic (exact) mass is 314 g/mol. The Hall–Kier alpha value is -1.55. The van der Waals surface area contributed by atoms with E-state index in [1.165, 1.54) is 37.8 Å². The van der Waals surface area contributed by atoms with Crippen molar-refractivity contribution in [2.45, 2.75) is 44.1 Å². The molecule has 1 saturated heterocycles. The van der Waals surface area contributed by atoms with Crippen LogP contribution in [0.1, 0.15) is 38.2 Å². The van der Waals surface area contributed by atoms with Gasteiger partial charge in [0, 0.05) is 24.5 Å². The maximum atomic E-state index is 4.89. The van der Waals surface area contributed by atoms with Crippen LogP contribution in [0, 0.1) is 0 Å². The van der Waals surface area contributed by atoms with Crippen molar-refractivity contribution in [1.29, 1.82) is 0 Å². The lowest BCUT2D eigenvalue weighted by atomic mass is 9.96. The van der Waals surface area contributed by atoms with Crippen LogP contribution in [0.4, 0.5) is 0 Å². The van der Waals surface area contributed by atoms with Crippen molar-refractivity contribution < 1.29 is 0 Å². The lowest BCUT2D eigenvalue weighted by molar-refractivity contribution is 0.309. The van der Waals surface area contributed by atoms with Gasteiger partial charge in [0.15, 0.2) is 5.96 Å². The number of hydrogen-bond acceptors (Lipinski definition) is 2. The maximum absolute atomic E-state index is 4.89. The molecule has 4 nitrogen and oxygen atoms in total. The molecule has 1 aliphatic heterocycles. The number of hydrogen-bond donors (Lipinski definition) is 2. The molecule has 23 heavy (non-hydrogen) atoms. The average molecular weight is 314 g/mol. The minimum absolute atomic E-state index is 0.285. The summed E-state index contributed by atoms with van der Waals surface area (Å²) in [6.07, 6.45) is 5.11. The molecule has 3 rings (SSSR count). The standard InChI is InChI=1S/C19H30N4/c1-3-20-18(21-14-17-10-7-13-23(17)2)22-15-19(11-12-19)16-8-5-4-6-9-16/h4-6,8-9,17H,3,7,10-15H2,1-2H3,(H2,20,21,22). The number of guanidine groups is 1. The van der Waals surface area contributed by atoms with Crippen molar-refractivity contribution in [3.05, 3.63) is 35.9 Å². The van der Waals surface area contributed by atoms with E-state index in [1.54, 1.807) is 0 Å². The van der Waals surface area contributed by atoms with Crippen molar-refractivity contribution in [1.82, 2.24) is 15.5 Å². The number of aliphatic imine (C=N–C) groups is 1. The van der Waals surface area contributed by atoms with Crippen LogP contribution in [0.15, 0.2) is 35.3 Å². The van der Waals surface area contributed by atoms with Crippen molar-refractivity contribution >= 4 is 5.96 Å². The Morgan fingerprint density at radius 3 is 2.65 bits per heavy atom. The molecular formula is C19H30N4. The molecule has 126 valence electrons. The van der Waals surface area contributed by atoms with Gasteiger partial charge in [0.25, 0.3) is 0 Å². The zero-order chi connectivity index (χ0) is 16.1. The van der Waals surface area contributed by atoms with Crippen molar-refractivity contribution in [2.75, 3.05) is 33.2 Å². The van der Waals surface area contributed by atoms with Crippen LogP contribution in [-0.4, -0.2) is 50.1 Å². The molecule has 2 fully saturated rings. The SMILES string of the molecule is CCNC(=NCC1(c2ccccc2)CC1)NCC1CCCN1C. The third-order valence-corrected chi connectivity index (χ3v) is 5.30. The molecular weight excluding hydrogens is 284 g/mol. The fourth-order valence-electron chi connectivity index (χ4n) is 3.50. The van der Waals surface area contributed by atoms with E-state index in [0.29, 0.717) is 6.04 Å². The van der Waals surface area contributed by atoms with Gasteiger partial charge in [0.1, 0.15) is 0 Å². The molecule has 0 amide bonds. The normalized spacial score (nSPS) is 23.7. The predicted octanol–water partition coefficient (Wildman–Crippen LogP) is 2.37. The smallest absolute Gasteiger partial charge is 0.191 e. The second-order valence-electron chi connectivity index (χ2n) is 7.00. The number of nitrogens with one attached hydrogen (secondary N) is 2. The fourth-order valence-corrected chi connectivity index (χ4v) is 3.50. The molecule has 1 atom stereocenters. The van der Waals surface area contributed by atoms with E-state index >= 15 is 0 Å². The van der Waals surface area contributed by atoms with Crippen molar-refractivity contribution in [3.8, 4) is 0 Å². The van der Waals surface area contributed by atoms with Crippen LogP contribution in [0.3, 0.4) is 0 Å². The van der Waals surface area contributed by atoms with E-state index in [-0.39, 0.29) is 5.41 Å². The van der Waals surface area contributed by atoms with Crippen LogP contribution in [0.25, 0.3) is 0 Å². The van der Waals surface area contributed by atoms with E-state index in [1.807, 2.05) is 0 Å². The highest BCUT2D eigenvalue weighted by Gasteiger charge is 2.44. The van der Waals surface area contributed by atoms with Gasteiger partial charge in [-0.2, -0.15) is 0 Å². The Morgan fingerprint density at radius 1 is 1.26 bits per heavy atom. The fraction of sp³-hybridized carbons (Fsp3) is 0.632. The van der Waals surface area contributed by atoms with Crippen LogP contribution in [0.2, 0.25) is 0 Å². The largest absolute Gasteiger partial charge is 0.357 e. The molecule has 1 saturated carbocycles. The Morgan fingerprint density at radius 2 is 2.04 bits per heavy atom. The highest BCUT2D eigenvalue weighted by molar-refractivity contribution is 5.79. The first-order valence-electron chi connectivity index (χ1n) is 9.01. The second-order valence-corrected chi connectivity index (χ2v) is 7.00. The van der Waals surface area contributed by atoms with Gasteiger partial charge in [0.05, 0.1) is 6.54 Å². The number of likely N-dealkylation sites (N-methyl/N-ethyl adjacent to an activating group) is 1. The molecule has 1 heterocycles. The summed E-state index contributed by atoms with van der Waals surface area (Å²) in [5.41, 5.74) is 1.73. The molecule has 1 aliphatic carbocycles. The summed E-state index contributed by atoms with van der Waals surface area (Å²) in [5, 5.41) is 6.94. The third kappa shape index (κ3) is 4.05. The molecule has 1 aromatic rings. The zero-order valence-corrected chi connectivity index (χ0v) is 14.5. The molecule has 4 heteroatoms. The van der Waals surface area contributed by atoms with Crippen LogP contribution >= 0.6 is 0 Å². The summed E-state index contributed by atoms with van der Waals surface area (Å²) in [6, 6.07) is 11.5. The summed E-state index contributed by atoms with van der Waals surface area (Å²) in [7, 11) is 2.22. The van der Waals surface area contributed by atoms with E-state index < -0.39 is 0 Å². The van der Waals surface area contributed by atoms with Gasteiger partial charge >= 0.3 is 0 Å². The Bertz CT molecular complexity index is 521. The summed E-state index contributed by atoms with van der Waals surface area (Å²) in [6.45, 7) is 6.12. The number of likely N-dealkylation sites (tertiary alicyclic amines) is 1. The highest BCUT2D eigenvalue weighted by Crippen LogP contribution is 2.48. The molecule has 0 bridgehead atoms. The van der Waals surface area contributed by atoms with Crippen LogP contribution in [0.5, 0.6) is 0 Å². The van der Waals surface area contributed by atoms with Gasteiger partial charge in [-0.3, -0.25) is 4.99 Å². The molecule has 0 spiro atoms. The van der Waals surface area contributed by atoms with Crippen LogP contribution in [-0.2, 0) is 5.41 Å². The van der Waals surface area contributed by atoms with Crippen LogP contribution < -0.4 is 10.6 Å². The first-order valence-corrected chi connectivity index (χ1v) is 9.01. The third-order valence-electron chi connectivity index (χ3n) is 5.30. The van der Waals surface area contributed by atoms with Gasteiger partial charge in [-0.25, -0.2) is 0 Å². The second kappa shape index (κ2) is 7.35. The molecule has 1 aromatic carbocycles. The summed E-state index contributed by atoms with van der Waals surface area (Å²) in [5.74, 6) is 0.968. The van der Waals surface area contributed by atoms with Gasteiger partial charge in [-0.1, -0.05) is 30.3 Å². The predicted molar refractivity (Wildman–Crippen MR) is 97.0 cm³/mol. The lowest BCUT2D eigenvalue weighted by Crippen LogP contribution is -2.44. The number of benzene rings is 1. The van der Waals surface area contributed by atoms with E-state index in [9.17, 15) is 0 Å². The summed E-state index contributed by atoms with van der Waals surface area (Å²) in [4.78, 5) is 7.33. The summed E-state index contributed by atoms with van der Waals surface area (Å²) < 4.78 is 0. The van der Waals surface area contributed by atoms with Crippen molar-refractivity contribution in [2.24, 2.45) is 4.99 Å². The van der Waals surface area contributed by atoms with Crippen molar-refractivity contribution in [3.63, 3.8) is 0 Å². The zero-order valence-electron chi connectivity index (χ0n) is 14.5. The Kier molecular flexibility index (Phi) is 5.21. The van der Waals surface area contributed by atoms with Gasteiger partial charge < -0.3 is 15.5 Å². The van der Waals surface area contributed by atoms with Gasteiger partial charge in [0.2, 0.25) is 0 Å².